The van der Waals surface area contributed by atoms with Crippen LogP contribution in [-0.2, 0) is 14.4 Å². The van der Waals surface area contributed by atoms with Gasteiger partial charge < -0.3 is 15.0 Å². The van der Waals surface area contributed by atoms with Crippen LogP contribution in [0, 0.1) is 35.4 Å². The summed E-state index contributed by atoms with van der Waals surface area (Å²) in [4.78, 5) is 58.2. The van der Waals surface area contributed by atoms with Crippen molar-refractivity contribution in [2.24, 2.45) is 29.6 Å². The maximum atomic E-state index is 13.9. The number of halogens is 1. The van der Waals surface area contributed by atoms with Gasteiger partial charge in [0, 0.05) is 27.1 Å². The molecule has 3 fully saturated rings. The average molecular weight is 678 g/mol. The molecule has 0 spiro atoms. The number of nitrogens with zero attached hydrogens (tertiary/aromatic N) is 1. The molecule has 240 valence electrons. The molecule has 7 atom stereocenters. The molecule has 2 aliphatic heterocycles. The van der Waals surface area contributed by atoms with E-state index in [4.69, 9.17) is 4.74 Å². The zero-order valence-electron chi connectivity index (χ0n) is 25.3. The number of fused-ring (bicyclic) bond motifs is 10. The fourth-order valence-corrected chi connectivity index (χ4v) is 11.6. The van der Waals surface area contributed by atoms with E-state index in [2.05, 4.69) is 10.3 Å². The number of amides is 3. The molecule has 2 aliphatic carbocycles. The number of aromatic amines is 1. The summed E-state index contributed by atoms with van der Waals surface area (Å²) in [7, 11) is 0. The first-order valence-electron chi connectivity index (χ1n) is 15.9. The summed E-state index contributed by atoms with van der Waals surface area (Å²) in [6, 6.07) is 26.7. The van der Waals surface area contributed by atoms with Crippen LogP contribution in [0.3, 0.4) is 0 Å². The molecule has 1 aromatic heterocycles. The van der Waals surface area contributed by atoms with E-state index in [0.29, 0.717) is 11.4 Å². The SMILES string of the molecule is O=C(COc1ccc([C@H]2c3sc(=O)[nH]c3SC3C2[C@H]2C[C@@H]3C3C(=O)N(c4ccc(F)cc4)C(=O)C32)cc1)Nc1cccc2ccccc12. The Balaban J connectivity index is 0.966. The number of rotatable bonds is 6. The molecule has 11 heteroatoms. The van der Waals surface area contributed by atoms with Gasteiger partial charge in [-0.2, -0.15) is 0 Å². The monoisotopic (exact) mass is 677 g/mol. The van der Waals surface area contributed by atoms with Crippen molar-refractivity contribution in [3.63, 3.8) is 0 Å². The Labute approximate surface area is 282 Å². The number of anilines is 2. The van der Waals surface area contributed by atoms with Crippen LogP contribution in [0.5, 0.6) is 5.75 Å². The van der Waals surface area contributed by atoms with E-state index < -0.39 is 17.7 Å². The number of nitrogens with one attached hydrogen (secondary N) is 2. The first kappa shape index (κ1) is 29.4. The number of hydrogen-bond donors (Lipinski definition) is 2. The Hall–Kier alpha value is -4.74. The van der Waals surface area contributed by atoms with Crippen molar-refractivity contribution in [2.75, 3.05) is 16.8 Å². The highest BCUT2D eigenvalue weighted by Crippen LogP contribution is 2.68. The number of carbonyl (C=O) groups excluding carboxylic acids is 3. The van der Waals surface area contributed by atoms with Gasteiger partial charge in [0.05, 0.1) is 22.5 Å². The van der Waals surface area contributed by atoms with Gasteiger partial charge in [0.25, 0.3) is 5.91 Å². The maximum absolute atomic E-state index is 13.9. The molecule has 0 radical (unpaired) electrons. The van der Waals surface area contributed by atoms with E-state index in [9.17, 15) is 23.6 Å². The molecule has 4 aromatic carbocycles. The lowest BCUT2D eigenvalue weighted by atomic mass is 9.68. The molecule has 3 heterocycles. The second-order valence-corrected chi connectivity index (χ2v) is 15.1. The summed E-state index contributed by atoms with van der Waals surface area (Å²) < 4.78 is 19.5. The Morgan fingerprint density at radius 2 is 1.62 bits per heavy atom. The number of thioether (sulfide) groups is 1. The first-order valence-corrected chi connectivity index (χ1v) is 17.6. The maximum Gasteiger partial charge on any atom is 0.305 e. The third kappa shape index (κ3) is 4.55. The van der Waals surface area contributed by atoms with Crippen LogP contribution in [0.4, 0.5) is 15.8 Å². The van der Waals surface area contributed by atoms with E-state index in [0.717, 1.165) is 38.3 Å². The van der Waals surface area contributed by atoms with Gasteiger partial charge in [-0.1, -0.05) is 59.9 Å². The summed E-state index contributed by atoms with van der Waals surface area (Å²) in [5, 5.41) is 5.81. The second kappa shape index (κ2) is 11.2. The average Bonchev–Trinajstić information content (AvgIpc) is 3.83. The summed E-state index contributed by atoms with van der Waals surface area (Å²) in [6.07, 6.45) is 0.773. The van der Waals surface area contributed by atoms with Crippen LogP contribution in [0.15, 0.2) is 101 Å². The van der Waals surface area contributed by atoms with Gasteiger partial charge in [-0.25, -0.2) is 4.39 Å². The molecule has 48 heavy (non-hydrogen) atoms. The minimum absolute atomic E-state index is 0.0150. The number of carbonyl (C=O) groups is 3. The fourth-order valence-electron chi connectivity index (χ4n) is 8.68. The number of thiazole rings is 1. The molecular weight excluding hydrogens is 650 g/mol. The molecule has 4 unspecified atom stereocenters. The smallest absolute Gasteiger partial charge is 0.305 e. The lowest BCUT2D eigenvalue weighted by Gasteiger charge is -2.43. The topological polar surface area (TPSA) is 109 Å². The Bertz CT molecular complexity index is 2180. The van der Waals surface area contributed by atoms with Crippen molar-refractivity contribution in [2.45, 2.75) is 22.6 Å². The van der Waals surface area contributed by atoms with E-state index in [-0.39, 0.29) is 58.1 Å². The van der Waals surface area contributed by atoms with Gasteiger partial charge >= 0.3 is 4.87 Å². The van der Waals surface area contributed by atoms with Crippen molar-refractivity contribution >= 4 is 63.0 Å². The van der Waals surface area contributed by atoms with Gasteiger partial charge in [0.1, 0.15) is 11.6 Å². The lowest BCUT2D eigenvalue weighted by Crippen LogP contribution is -2.42. The third-order valence-corrected chi connectivity index (χ3v) is 13.1. The number of benzene rings is 4. The fraction of sp³-hybridized carbons (Fsp3) is 0.243. The minimum atomic E-state index is -0.447. The summed E-state index contributed by atoms with van der Waals surface area (Å²) in [5.74, 6) is -1.61. The van der Waals surface area contributed by atoms with E-state index >= 15 is 0 Å². The molecule has 2 bridgehead atoms. The summed E-state index contributed by atoms with van der Waals surface area (Å²) in [5.41, 5.74) is 2.11. The van der Waals surface area contributed by atoms with Crippen molar-refractivity contribution in [1.82, 2.24) is 4.98 Å². The predicted octanol–water partition coefficient (Wildman–Crippen LogP) is 6.42. The van der Waals surface area contributed by atoms with Crippen LogP contribution in [0.1, 0.15) is 22.8 Å². The predicted molar refractivity (Wildman–Crippen MR) is 182 cm³/mol. The second-order valence-electron chi connectivity index (χ2n) is 12.9. The summed E-state index contributed by atoms with van der Waals surface area (Å²) in [6.45, 7) is -0.162. The number of hydrogen-bond acceptors (Lipinski definition) is 7. The quantitative estimate of drug-likeness (QED) is 0.201. The number of aromatic nitrogens is 1. The van der Waals surface area contributed by atoms with Crippen LogP contribution >= 0.6 is 23.1 Å². The highest BCUT2D eigenvalue weighted by atomic mass is 32.2. The van der Waals surface area contributed by atoms with Gasteiger partial charge in [-0.15, -0.1) is 11.8 Å². The molecule has 8 nitrogen and oxygen atoms in total. The highest BCUT2D eigenvalue weighted by Gasteiger charge is 2.69. The summed E-state index contributed by atoms with van der Waals surface area (Å²) >= 11 is 2.83. The van der Waals surface area contributed by atoms with Gasteiger partial charge in [0.15, 0.2) is 6.61 Å². The molecule has 5 aromatic rings. The number of ether oxygens (including phenoxy) is 1. The van der Waals surface area contributed by atoms with Crippen LogP contribution < -0.4 is 19.8 Å². The Morgan fingerprint density at radius 1 is 0.896 bits per heavy atom. The number of H-pyrrole nitrogens is 1. The van der Waals surface area contributed by atoms with E-state index in [1.807, 2.05) is 66.7 Å². The normalized spacial score (nSPS) is 26.8. The van der Waals surface area contributed by atoms with Crippen molar-refractivity contribution in [1.29, 1.82) is 0 Å². The van der Waals surface area contributed by atoms with Crippen molar-refractivity contribution in [3.05, 3.63) is 117 Å². The standard InChI is InChI=1S/C37H28FN3O5S2/c38-20-10-12-21(13-11-20)41-35(43)30-24-16-25(31(30)36(41)44)32-29(24)28(33-34(47-32)40-37(45)48-33)19-8-14-22(15-9-19)46-17-27(42)39-26-7-3-5-18-4-1-2-6-23(18)26/h1-15,24-25,28-32H,16-17H2,(H,39,42)(H,40,45)/t24-,25-,28-,29?,30?,31?,32?/m1/s1. The zero-order valence-corrected chi connectivity index (χ0v) is 26.9. The molecular formula is C37H28FN3O5S2. The van der Waals surface area contributed by atoms with Gasteiger partial charge in [-0.3, -0.25) is 24.1 Å². The Morgan fingerprint density at radius 3 is 2.42 bits per heavy atom. The largest absolute Gasteiger partial charge is 0.484 e. The minimum Gasteiger partial charge on any atom is -0.484 e. The third-order valence-electron chi connectivity index (χ3n) is 10.5. The van der Waals surface area contributed by atoms with Crippen LogP contribution in [0.2, 0.25) is 0 Å². The number of imide groups is 1. The van der Waals surface area contributed by atoms with E-state index in [1.54, 1.807) is 11.8 Å². The van der Waals surface area contributed by atoms with Gasteiger partial charge in [-0.05, 0) is 77.6 Å². The van der Waals surface area contributed by atoms with Gasteiger partial charge in [0.2, 0.25) is 11.8 Å². The molecule has 3 amide bonds. The molecule has 9 rings (SSSR count). The van der Waals surface area contributed by atoms with Crippen molar-refractivity contribution in [3.8, 4) is 5.75 Å². The first-order chi connectivity index (χ1) is 23.4. The highest BCUT2D eigenvalue weighted by molar-refractivity contribution is 8.00. The lowest BCUT2D eigenvalue weighted by molar-refractivity contribution is -0.123. The van der Waals surface area contributed by atoms with Crippen LogP contribution in [-0.4, -0.2) is 34.6 Å². The molecule has 2 saturated carbocycles. The van der Waals surface area contributed by atoms with E-state index in [1.165, 1.54) is 40.5 Å². The Kier molecular flexibility index (Phi) is 6.84. The molecule has 2 N–H and O–H groups in total. The van der Waals surface area contributed by atoms with Crippen molar-refractivity contribution < 1.29 is 23.5 Å². The molecule has 4 aliphatic rings. The molecule has 1 saturated heterocycles. The zero-order chi connectivity index (χ0) is 32.7. The van der Waals surface area contributed by atoms with Crippen LogP contribution in [0.25, 0.3) is 10.8 Å².